The van der Waals surface area contributed by atoms with Crippen LogP contribution in [0.2, 0.25) is 0 Å². The number of hydrogen-bond donors (Lipinski definition) is 2. The maximum Gasteiger partial charge on any atom is 0.333 e. The van der Waals surface area contributed by atoms with Gasteiger partial charge in [0.1, 0.15) is 6.61 Å². The lowest BCUT2D eigenvalue weighted by Crippen LogP contribution is -2.25. The number of aliphatic hydroxyl groups is 1. The van der Waals surface area contributed by atoms with E-state index in [0.29, 0.717) is 0 Å². The zero-order valence-corrected chi connectivity index (χ0v) is 6.54. The van der Waals surface area contributed by atoms with Crippen LogP contribution >= 0.6 is 0 Å². The van der Waals surface area contributed by atoms with Crippen molar-refractivity contribution in [2.24, 2.45) is 0 Å². The lowest BCUT2D eigenvalue weighted by molar-refractivity contribution is -0.148. The van der Waals surface area contributed by atoms with E-state index in [-0.39, 0.29) is 0 Å². The molecule has 66 valence electrons. The summed E-state index contributed by atoms with van der Waals surface area (Å²) in [6, 6.07) is 0. The predicted octanol–water partition coefficient (Wildman–Crippen LogP) is -1.24. The van der Waals surface area contributed by atoms with Crippen molar-refractivity contribution >= 4 is 16.1 Å². The second kappa shape index (κ2) is 3.65. The average Bonchev–Trinajstić information content (AvgIpc) is 1.85. The molecule has 0 heterocycles. The van der Waals surface area contributed by atoms with Crippen LogP contribution in [0.4, 0.5) is 0 Å². The number of carbonyl (C=O) groups is 1. The van der Waals surface area contributed by atoms with Crippen LogP contribution in [-0.2, 0) is 19.6 Å². The molecule has 2 N–H and O–H groups in total. The number of aliphatic hydroxyl groups excluding tert-OH is 1. The van der Waals surface area contributed by atoms with Crippen LogP contribution in [0.3, 0.4) is 0 Å². The summed E-state index contributed by atoms with van der Waals surface area (Å²) in [5.41, 5.74) is -1.64. The van der Waals surface area contributed by atoms with E-state index < -0.39 is 28.1 Å². The molecule has 11 heavy (non-hydrogen) atoms. The molecule has 0 aromatic heterocycles. The molecule has 0 amide bonds. The molecule has 0 aliphatic carbocycles. The van der Waals surface area contributed by atoms with Crippen LogP contribution in [0.15, 0.2) is 0 Å². The first-order chi connectivity index (χ1) is 4.88. The first-order valence-electron chi connectivity index (χ1n) is 2.64. The Hall–Kier alpha value is -0.660. The second-order valence-corrected chi connectivity index (χ2v) is 3.42. The maximum atomic E-state index is 10.2. The standard InChI is InChI=1S/C4H8O6S/c1-3(11(7,8)9)10-4(6)2-5/h3,5H,2H2,1H3,(H,7,8,9). The summed E-state index contributed by atoms with van der Waals surface area (Å²) in [5, 5.41) is 8.10. The Morgan fingerprint density at radius 2 is 2.09 bits per heavy atom. The van der Waals surface area contributed by atoms with Gasteiger partial charge in [-0.05, 0) is 6.92 Å². The Labute approximate surface area is 63.5 Å². The summed E-state index contributed by atoms with van der Waals surface area (Å²) in [6.07, 6.45) is 0. The molecule has 0 saturated heterocycles. The summed E-state index contributed by atoms with van der Waals surface area (Å²) in [6.45, 7) is 0.0583. The van der Waals surface area contributed by atoms with Gasteiger partial charge in [0.05, 0.1) is 0 Å². The summed E-state index contributed by atoms with van der Waals surface area (Å²) in [7, 11) is -4.36. The van der Waals surface area contributed by atoms with E-state index in [9.17, 15) is 13.2 Å². The highest BCUT2D eigenvalue weighted by molar-refractivity contribution is 7.86. The molecule has 0 bridgehead atoms. The number of rotatable bonds is 3. The van der Waals surface area contributed by atoms with Gasteiger partial charge in [-0.25, -0.2) is 4.79 Å². The second-order valence-electron chi connectivity index (χ2n) is 1.73. The van der Waals surface area contributed by atoms with Crippen LogP contribution in [0.25, 0.3) is 0 Å². The topological polar surface area (TPSA) is 101 Å². The Kier molecular flexibility index (Phi) is 3.43. The highest BCUT2D eigenvalue weighted by Crippen LogP contribution is 1.98. The lowest BCUT2D eigenvalue weighted by atomic mass is 10.7. The highest BCUT2D eigenvalue weighted by Gasteiger charge is 2.20. The van der Waals surface area contributed by atoms with Gasteiger partial charge in [0, 0.05) is 0 Å². The Bertz CT molecular complexity index is 229. The lowest BCUT2D eigenvalue weighted by Gasteiger charge is -2.07. The minimum absolute atomic E-state index is 0.917. The van der Waals surface area contributed by atoms with Gasteiger partial charge in [0.15, 0.2) is 0 Å². The number of hydrogen-bond acceptors (Lipinski definition) is 5. The van der Waals surface area contributed by atoms with Crippen molar-refractivity contribution in [1.29, 1.82) is 0 Å². The minimum Gasteiger partial charge on any atom is -0.442 e. The van der Waals surface area contributed by atoms with Crippen molar-refractivity contribution in [2.45, 2.75) is 12.4 Å². The third-order valence-corrected chi connectivity index (χ3v) is 1.78. The van der Waals surface area contributed by atoms with Crippen LogP contribution in [0.1, 0.15) is 6.92 Å². The van der Waals surface area contributed by atoms with Gasteiger partial charge in [0.25, 0.3) is 0 Å². The molecule has 1 atom stereocenters. The minimum atomic E-state index is -4.36. The fourth-order valence-corrected chi connectivity index (χ4v) is 0.512. The SMILES string of the molecule is CC(OC(=O)CO)S(=O)(=O)O. The van der Waals surface area contributed by atoms with E-state index in [1.54, 1.807) is 0 Å². The quantitative estimate of drug-likeness (QED) is 0.420. The summed E-state index contributed by atoms with van der Waals surface area (Å²) < 4.78 is 32.6. The molecule has 0 aromatic rings. The van der Waals surface area contributed by atoms with E-state index >= 15 is 0 Å². The molecule has 7 heteroatoms. The summed E-state index contributed by atoms with van der Waals surface area (Å²) >= 11 is 0. The van der Waals surface area contributed by atoms with Gasteiger partial charge in [-0.3, -0.25) is 4.55 Å². The Morgan fingerprint density at radius 3 is 2.36 bits per heavy atom. The van der Waals surface area contributed by atoms with Gasteiger partial charge in [-0.2, -0.15) is 8.42 Å². The predicted molar refractivity (Wildman–Crippen MR) is 34.2 cm³/mol. The monoisotopic (exact) mass is 184 g/mol. The molecule has 0 aliphatic heterocycles. The molecule has 0 spiro atoms. The van der Waals surface area contributed by atoms with E-state index in [2.05, 4.69) is 4.74 Å². The third kappa shape index (κ3) is 3.91. The first kappa shape index (κ1) is 10.3. The van der Waals surface area contributed by atoms with Crippen molar-refractivity contribution in [3.05, 3.63) is 0 Å². The molecule has 0 saturated carbocycles. The fourth-order valence-electron chi connectivity index (χ4n) is 0.283. The van der Waals surface area contributed by atoms with Gasteiger partial charge < -0.3 is 9.84 Å². The van der Waals surface area contributed by atoms with Gasteiger partial charge in [0.2, 0.25) is 5.44 Å². The number of ether oxygens (including phenoxy) is 1. The average molecular weight is 184 g/mol. The zero-order valence-electron chi connectivity index (χ0n) is 5.72. The maximum absolute atomic E-state index is 10.2. The van der Waals surface area contributed by atoms with Crippen molar-refractivity contribution in [2.75, 3.05) is 6.61 Å². The normalized spacial score (nSPS) is 14.1. The van der Waals surface area contributed by atoms with Gasteiger partial charge >= 0.3 is 16.1 Å². The van der Waals surface area contributed by atoms with Crippen molar-refractivity contribution in [3.63, 3.8) is 0 Å². The Balaban J connectivity index is 4.10. The number of carbonyl (C=O) groups excluding carboxylic acids is 1. The van der Waals surface area contributed by atoms with Gasteiger partial charge in [-0.15, -0.1) is 0 Å². The largest absolute Gasteiger partial charge is 0.442 e. The third-order valence-electron chi connectivity index (χ3n) is 0.846. The van der Waals surface area contributed by atoms with Crippen LogP contribution in [-0.4, -0.2) is 36.1 Å². The van der Waals surface area contributed by atoms with Crippen molar-refractivity contribution in [3.8, 4) is 0 Å². The van der Waals surface area contributed by atoms with Crippen LogP contribution in [0.5, 0.6) is 0 Å². The molecule has 1 unspecified atom stereocenters. The van der Waals surface area contributed by atoms with Crippen LogP contribution < -0.4 is 0 Å². The highest BCUT2D eigenvalue weighted by atomic mass is 32.2. The van der Waals surface area contributed by atoms with E-state index in [4.69, 9.17) is 9.66 Å². The van der Waals surface area contributed by atoms with Crippen molar-refractivity contribution < 1.29 is 27.6 Å². The van der Waals surface area contributed by atoms with Crippen molar-refractivity contribution in [1.82, 2.24) is 0 Å². The molecule has 0 radical (unpaired) electrons. The molecule has 0 aliphatic rings. The van der Waals surface area contributed by atoms with E-state index in [1.807, 2.05) is 0 Å². The zero-order chi connectivity index (χ0) is 9.07. The van der Waals surface area contributed by atoms with E-state index in [1.165, 1.54) is 0 Å². The fraction of sp³-hybridized carbons (Fsp3) is 0.750. The summed E-state index contributed by atoms with van der Waals surface area (Å²) in [4.78, 5) is 10.2. The van der Waals surface area contributed by atoms with E-state index in [0.717, 1.165) is 6.92 Å². The molecule has 0 fully saturated rings. The summed E-state index contributed by atoms with van der Waals surface area (Å²) in [5.74, 6) is -1.10. The van der Waals surface area contributed by atoms with Crippen LogP contribution in [0, 0.1) is 0 Å². The smallest absolute Gasteiger partial charge is 0.333 e. The first-order valence-corrected chi connectivity index (χ1v) is 4.15. The Morgan fingerprint density at radius 1 is 1.64 bits per heavy atom. The molecular formula is C4H8O6S. The molecule has 6 nitrogen and oxygen atoms in total. The van der Waals surface area contributed by atoms with Gasteiger partial charge in [-0.1, -0.05) is 0 Å². The number of esters is 1. The molecule has 0 aromatic carbocycles. The molecular weight excluding hydrogens is 176 g/mol. The molecule has 0 rings (SSSR count).